The van der Waals surface area contributed by atoms with E-state index < -0.39 is 0 Å². The van der Waals surface area contributed by atoms with Gasteiger partial charge in [0, 0.05) is 38.2 Å². The zero-order valence-corrected chi connectivity index (χ0v) is 30.3. The van der Waals surface area contributed by atoms with E-state index in [-0.39, 0.29) is 0 Å². The predicted molar refractivity (Wildman–Crippen MR) is 230 cm³/mol. The molecule has 5 nitrogen and oxygen atoms in total. The number of para-hydroxylation sites is 3. The van der Waals surface area contributed by atoms with Crippen molar-refractivity contribution in [3.63, 3.8) is 0 Å². The maximum absolute atomic E-state index is 5.30. The summed E-state index contributed by atoms with van der Waals surface area (Å²) in [5.74, 6) is 1.80. The summed E-state index contributed by atoms with van der Waals surface area (Å²) in [6, 6.07) is 70.3. The van der Waals surface area contributed by atoms with Crippen LogP contribution in [0.1, 0.15) is 0 Å². The molecule has 262 valence electrons. The fraction of sp³-hybridized carbons (Fsp3) is 0. The fourth-order valence-electron chi connectivity index (χ4n) is 8.28. The molecule has 0 spiro atoms. The molecule has 0 saturated carbocycles. The number of rotatable bonds is 6. The first kappa shape index (κ1) is 31.9. The van der Waals surface area contributed by atoms with E-state index in [2.05, 4.69) is 185 Å². The monoisotopic (exact) mass is 715 g/mol. The van der Waals surface area contributed by atoms with Gasteiger partial charge in [0.15, 0.2) is 11.6 Å². The van der Waals surface area contributed by atoms with Crippen molar-refractivity contribution in [3.05, 3.63) is 200 Å². The molecule has 11 aromatic rings. The molecule has 0 radical (unpaired) electrons. The minimum atomic E-state index is 0.567. The highest BCUT2D eigenvalue weighted by Gasteiger charge is 2.23. The van der Waals surface area contributed by atoms with Gasteiger partial charge in [-0.15, -0.1) is 0 Å². The van der Waals surface area contributed by atoms with Gasteiger partial charge in [-0.1, -0.05) is 170 Å². The van der Waals surface area contributed by atoms with Gasteiger partial charge in [0.05, 0.1) is 27.8 Å². The first-order chi connectivity index (χ1) is 27.8. The van der Waals surface area contributed by atoms with Crippen molar-refractivity contribution in [2.45, 2.75) is 0 Å². The van der Waals surface area contributed by atoms with Crippen molar-refractivity contribution in [2.24, 2.45) is 0 Å². The standard InChI is InChI=1S/C51H33N5/c1-4-17-34(18-5-1)37-23-16-24-38(33-37)50-52-49(36-21-8-3-9-22-36)53-51(54-50)56-45-30-15-12-27-42(45)47-46(56)32-31-41-40-26-11-14-29-44(40)55(48(41)47)43-28-13-10-25-39(43)35-19-6-2-7-20-35/h1-33H. The Morgan fingerprint density at radius 2 is 0.875 bits per heavy atom. The molecule has 3 aromatic heterocycles. The maximum atomic E-state index is 5.30. The Hall–Kier alpha value is -7.63. The van der Waals surface area contributed by atoms with Crippen LogP contribution in [0, 0.1) is 0 Å². The Morgan fingerprint density at radius 1 is 0.321 bits per heavy atom. The summed E-state index contributed by atoms with van der Waals surface area (Å²) in [6.45, 7) is 0. The van der Waals surface area contributed by atoms with Crippen LogP contribution in [0.3, 0.4) is 0 Å². The van der Waals surface area contributed by atoms with E-state index in [0.29, 0.717) is 17.6 Å². The summed E-state index contributed by atoms with van der Waals surface area (Å²) in [5.41, 5.74) is 11.9. The SMILES string of the molecule is c1ccc(-c2cccc(-c3nc(-c4ccccc4)nc(-n4c5ccccc5c5c4ccc4c6ccccc6n(-c6ccccc6-c6ccccc6)c45)n3)c2)cc1. The van der Waals surface area contributed by atoms with Gasteiger partial charge in [0.2, 0.25) is 5.95 Å². The molecule has 11 rings (SSSR count). The highest BCUT2D eigenvalue weighted by Crippen LogP contribution is 2.43. The van der Waals surface area contributed by atoms with Crippen LogP contribution in [-0.4, -0.2) is 24.1 Å². The molecule has 0 aliphatic carbocycles. The van der Waals surface area contributed by atoms with Crippen molar-refractivity contribution in [2.75, 3.05) is 0 Å². The van der Waals surface area contributed by atoms with Crippen LogP contribution in [0.2, 0.25) is 0 Å². The lowest BCUT2D eigenvalue weighted by atomic mass is 10.0. The van der Waals surface area contributed by atoms with Crippen molar-refractivity contribution in [1.82, 2.24) is 24.1 Å². The third-order valence-corrected chi connectivity index (χ3v) is 10.8. The summed E-state index contributed by atoms with van der Waals surface area (Å²) in [5, 5.41) is 4.67. The first-order valence-electron chi connectivity index (χ1n) is 18.9. The van der Waals surface area contributed by atoms with E-state index in [0.717, 1.165) is 60.8 Å². The topological polar surface area (TPSA) is 48.5 Å². The second-order valence-electron chi connectivity index (χ2n) is 14.0. The second-order valence-corrected chi connectivity index (χ2v) is 14.0. The van der Waals surface area contributed by atoms with Gasteiger partial charge in [-0.05, 0) is 47.0 Å². The van der Waals surface area contributed by atoms with Crippen molar-refractivity contribution in [3.8, 4) is 56.7 Å². The molecule has 0 aliphatic rings. The molecule has 0 bridgehead atoms. The molecule has 8 aromatic carbocycles. The smallest absolute Gasteiger partial charge is 0.238 e. The van der Waals surface area contributed by atoms with E-state index in [1.807, 2.05) is 24.3 Å². The van der Waals surface area contributed by atoms with Gasteiger partial charge in [0.25, 0.3) is 0 Å². The molecule has 3 heterocycles. The molecule has 0 fully saturated rings. The Bertz CT molecular complexity index is 3240. The van der Waals surface area contributed by atoms with Gasteiger partial charge in [0.1, 0.15) is 0 Å². The van der Waals surface area contributed by atoms with Gasteiger partial charge in [-0.2, -0.15) is 9.97 Å². The van der Waals surface area contributed by atoms with Crippen molar-refractivity contribution >= 4 is 43.6 Å². The molecule has 56 heavy (non-hydrogen) atoms. The van der Waals surface area contributed by atoms with E-state index in [9.17, 15) is 0 Å². The number of aromatic nitrogens is 5. The lowest BCUT2D eigenvalue weighted by Crippen LogP contribution is -2.06. The lowest BCUT2D eigenvalue weighted by Gasteiger charge is -2.15. The molecular weight excluding hydrogens is 683 g/mol. The van der Waals surface area contributed by atoms with Gasteiger partial charge in [-0.25, -0.2) is 4.98 Å². The minimum absolute atomic E-state index is 0.567. The molecule has 0 aliphatic heterocycles. The van der Waals surface area contributed by atoms with Crippen molar-refractivity contribution < 1.29 is 0 Å². The summed E-state index contributed by atoms with van der Waals surface area (Å²) < 4.78 is 4.67. The molecule has 0 N–H and O–H groups in total. The molecule has 0 amide bonds. The van der Waals surface area contributed by atoms with Crippen LogP contribution in [0.25, 0.3) is 100 Å². The number of hydrogen-bond donors (Lipinski definition) is 0. The number of fused-ring (bicyclic) bond motifs is 7. The normalized spacial score (nSPS) is 11.6. The second kappa shape index (κ2) is 13.0. The predicted octanol–water partition coefficient (Wildman–Crippen LogP) is 12.7. The quantitative estimate of drug-likeness (QED) is 0.172. The molecular formula is C51H33N5. The molecule has 0 saturated heterocycles. The maximum Gasteiger partial charge on any atom is 0.238 e. The Balaban J connectivity index is 1.23. The zero-order valence-electron chi connectivity index (χ0n) is 30.3. The zero-order chi connectivity index (χ0) is 37.0. The van der Waals surface area contributed by atoms with Crippen LogP contribution in [-0.2, 0) is 0 Å². The Kier molecular flexibility index (Phi) is 7.42. The number of benzene rings is 8. The van der Waals surface area contributed by atoms with Gasteiger partial charge in [-0.3, -0.25) is 4.57 Å². The average molecular weight is 716 g/mol. The summed E-state index contributed by atoms with van der Waals surface area (Å²) in [7, 11) is 0. The van der Waals surface area contributed by atoms with Crippen LogP contribution in [0.15, 0.2) is 200 Å². The van der Waals surface area contributed by atoms with Gasteiger partial charge < -0.3 is 4.57 Å². The third kappa shape index (κ3) is 5.13. The van der Waals surface area contributed by atoms with E-state index in [1.165, 1.54) is 21.9 Å². The molecule has 0 atom stereocenters. The molecule has 0 unspecified atom stereocenters. The summed E-state index contributed by atoms with van der Waals surface area (Å²) >= 11 is 0. The number of nitrogens with zero attached hydrogens (tertiary/aromatic N) is 5. The Labute approximate surface area is 323 Å². The van der Waals surface area contributed by atoms with Crippen molar-refractivity contribution in [1.29, 1.82) is 0 Å². The minimum Gasteiger partial charge on any atom is -0.308 e. The van der Waals surface area contributed by atoms with E-state index >= 15 is 0 Å². The fourth-order valence-corrected chi connectivity index (χ4v) is 8.28. The largest absolute Gasteiger partial charge is 0.308 e. The first-order valence-corrected chi connectivity index (χ1v) is 18.9. The van der Waals surface area contributed by atoms with E-state index in [1.54, 1.807) is 0 Å². The van der Waals surface area contributed by atoms with E-state index in [4.69, 9.17) is 15.0 Å². The highest BCUT2D eigenvalue weighted by molar-refractivity contribution is 6.26. The highest BCUT2D eigenvalue weighted by atomic mass is 15.2. The van der Waals surface area contributed by atoms with Crippen LogP contribution in [0.4, 0.5) is 0 Å². The van der Waals surface area contributed by atoms with Crippen LogP contribution in [0.5, 0.6) is 0 Å². The van der Waals surface area contributed by atoms with Crippen LogP contribution >= 0.6 is 0 Å². The summed E-state index contributed by atoms with van der Waals surface area (Å²) in [4.78, 5) is 15.7. The molecule has 5 heteroatoms. The summed E-state index contributed by atoms with van der Waals surface area (Å²) in [6.07, 6.45) is 0. The number of hydrogen-bond acceptors (Lipinski definition) is 3. The van der Waals surface area contributed by atoms with Crippen LogP contribution < -0.4 is 0 Å². The Morgan fingerprint density at radius 3 is 1.62 bits per heavy atom. The van der Waals surface area contributed by atoms with Gasteiger partial charge >= 0.3 is 0 Å². The third-order valence-electron chi connectivity index (χ3n) is 10.8. The average Bonchev–Trinajstić information content (AvgIpc) is 3.80. The lowest BCUT2D eigenvalue weighted by molar-refractivity contribution is 0.953.